The van der Waals surface area contributed by atoms with Gasteiger partial charge < -0.3 is 9.64 Å². The normalized spacial score (nSPS) is 26.1. The van der Waals surface area contributed by atoms with E-state index in [-0.39, 0.29) is 5.97 Å². The number of carbonyl (C=O) groups excluding carboxylic acids is 1. The van der Waals surface area contributed by atoms with Crippen LogP contribution in [0.3, 0.4) is 0 Å². The van der Waals surface area contributed by atoms with Crippen LogP contribution < -0.4 is 4.90 Å². The number of methoxy groups -OCH3 is 1. The van der Waals surface area contributed by atoms with E-state index in [4.69, 9.17) is 4.74 Å². The van der Waals surface area contributed by atoms with E-state index in [0.717, 1.165) is 18.3 Å². The molecule has 0 radical (unpaired) electrons. The molecule has 0 N–H and O–H groups in total. The van der Waals surface area contributed by atoms with Crippen LogP contribution in [-0.4, -0.2) is 30.6 Å². The zero-order valence-electron chi connectivity index (χ0n) is 11.3. The van der Waals surface area contributed by atoms with Gasteiger partial charge >= 0.3 is 5.97 Å². The molecule has 4 heteroatoms. The minimum Gasteiger partial charge on any atom is -0.465 e. The number of pyridine rings is 1. The molecule has 2 aliphatic rings. The Labute approximate surface area is 113 Å². The van der Waals surface area contributed by atoms with Gasteiger partial charge in [-0.15, -0.1) is 0 Å². The number of esters is 1. The first-order chi connectivity index (χ1) is 9.29. The van der Waals surface area contributed by atoms with Gasteiger partial charge in [-0.05, 0) is 37.3 Å². The molecule has 1 aromatic heterocycles. The average Bonchev–Trinajstić information content (AvgIpc) is 2.90. The van der Waals surface area contributed by atoms with Crippen LogP contribution in [0.15, 0.2) is 18.3 Å². The molecule has 0 spiro atoms. The van der Waals surface area contributed by atoms with Crippen LogP contribution in [0.2, 0.25) is 0 Å². The van der Waals surface area contributed by atoms with Crippen molar-refractivity contribution in [3.05, 3.63) is 23.9 Å². The molecule has 1 aliphatic carbocycles. The van der Waals surface area contributed by atoms with E-state index in [0.29, 0.717) is 11.6 Å². The Morgan fingerprint density at radius 2 is 2.21 bits per heavy atom. The van der Waals surface area contributed by atoms with Gasteiger partial charge in [0.2, 0.25) is 0 Å². The number of ether oxygens (including phenoxy) is 1. The lowest BCUT2D eigenvalue weighted by Gasteiger charge is -2.32. The zero-order chi connectivity index (χ0) is 13.2. The first kappa shape index (κ1) is 12.5. The summed E-state index contributed by atoms with van der Waals surface area (Å²) in [5.41, 5.74) is 0.590. The van der Waals surface area contributed by atoms with Crippen LogP contribution in [0.1, 0.15) is 42.5 Å². The fraction of sp³-hybridized carbons (Fsp3) is 0.600. The van der Waals surface area contributed by atoms with Crippen LogP contribution in [0.25, 0.3) is 0 Å². The molecule has 102 valence electrons. The van der Waals surface area contributed by atoms with E-state index >= 15 is 0 Å². The van der Waals surface area contributed by atoms with Gasteiger partial charge in [-0.3, -0.25) is 0 Å². The van der Waals surface area contributed by atoms with Crippen molar-refractivity contribution < 1.29 is 9.53 Å². The molecule has 4 nitrogen and oxygen atoms in total. The Bertz CT molecular complexity index is 475. The molecular formula is C15H20N2O2. The maximum Gasteiger partial charge on any atom is 0.338 e. The number of hydrogen-bond acceptors (Lipinski definition) is 4. The molecule has 2 unspecified atom stereocenters. The first-order valence-electron chi connectivity index (χ1n) is 7.10. The van der Waals surface area contributed by atoms with E-state index in [9.17, 15) is 4.79 Å². The van der Waals surface area contributed by atoms with Crippen molar-refractivity contribution in [2.75, 3.05) is 18.6 Å². The maximum atomic E-state index is 11.6. The van der Waals surface area contributed by atoms with Gasteiger partial charge in [-0.25, -0.2) is 9.78 Å². The Kier molecular flexibility index (Phi) is 3.40. The second-order valence-corrected chi connectivity index (χ2v) is 5.49. The Balaban J connectivity index is 1.84. The molecule has 0 aromatic carbocycles. The number of hydrogen-bond donors (Lipinski definition) is 0. The Morgan fingerprint density at radius 1 is 1.37 bits per heavy atom. The minimum absolute atomic E-state index is 0.289. The van der Waals surface area contributed by atoms with E-state index in [1.54, 1.807) is 12.3 Å². The topological polar surface area (TPSA) is 42.4 Å². The summed E-state index contributed by atoms with van der Waals surface area (Å²) in [6.07, 6.45) is 8.25. The fourth-order valence-corrected chi connectivity index (χ4v) is 3.51. The molecule has 2 heterocycles. The summed E-state index contributed by atoms with van der Waals surface area (Å²) in [5.74, 6) is 1.46. The molecule has 2 fully saturated rings. The van der Waals surface area contributed by atoms with E-state index < -0.39 is 0 Å². The summed E-state index contributed by atoms with van der Waals surface area (Å²) in [7, 11) is 1.41. The molecule has 2 atom stereocenters. The van der Waals surface area contributed by atoms with Crippen molar-refractivity contribution in [2.45, 2.75) is 38.1 Å². The number of carbonyl (C=O) groups is 1. The molecule has 1 saturated heterocycles. The lowest BCUT2D eigenvalue weighted by molar-refractivity contribution is 0.0600. The highest BCUT2D eigenvalue weighted by Crippen LogP contribution is 2.38. The largest absolute Gasteiger partial charge is 0.465 e. The summed E-state index contributed by atoms with van der Waals surface area (Å²) in [6, 6.07) is 4.20. The van der Waals surface area contributed by atoms with E-state index in [1.165, 1.54) is 39.2 Å². The third-order valence-corrected chi connectivity index (χ3v) is 4.47. The number of nitrogens with zero attached hydrogens (tertiary/aromatic N) is 2. The van der Waals surface area contributed by atoms with Gasteiger partial charge in [0.15, 0.2) is 0 Å². The number of aromatic nitrogens is 1. The Hall–Kier alpha value is -1.58. The molecule has 1 aromatic rings. The third kappa shape index (κ3) is 2.31. The second kappa shape index (κ2) is 5.19. The Morgan fingerprint density at radius 3 is 3.05 bits per heavy atom. The monoisotopic (exact) mass is 260 g/mol. The highest BCUT2D eigenvalue weighted by atomic mass is 16.5. The van der Waals surface area contributed by atoms with Gasteiger partial charge in [0, 0.05) is 18.8 Å². The van der Waals surface area contributed by atoms with Crippen molar-refractivity contribution in [1.82, 2.24) is 4.98 Å². The molecule has 1 aliphatic heterocycles. The van der Waals surface area contributed by atoms with E-state index in [1.807, 2.05) is 6.07 Å². The van der Waals surface area contributed by atoms with Gasteiger partial charge in [0.25, 0.3) is 0 Å². The summed E-state index contributed by atoms with van der Waals surface area (Å²) >= 11 is 0. The summed E-state index contributed by atoms with van der Waals surface area (Å²) < 4.78 is 4.78. The van der Waals surface area contributed by atoms with Gasteiger partial charge in [0.05, 0.1) is 12.7 Å². The quantitative estimate of drug-likeness (QED) is 0.767. The smallest absolute Gasteiger partial charge is 0.338 e. The van der Waals surface area contributed by atoms with E-state index in [2.05, 4.69) is 9.88 Å². The van der Waals surface area contributed by atoms with Crippen molar-refractivity contribution in [1.29, 1.82) is 0 Å². The number of rotatable bonds is 2. The molecule has 1 saturated carbocycles. The van der Waals surface area contributed by atoms with Crippen molar-refractivity contribution in [2.24, 2.45) is 5.92 Å². The molecule has 0 bridgehead atoms. The summed E-state index contributed by atoms with van der Waals surface area (Å²) in [6.45, 7) is 1.06. The first-order valence-corrected chi connectivity index (χ1v) is 7.10. The SMILES string of the molecule is COC(=O)c1ccnc(N2CCC3CCCCC32)c1. The van der Waals surface area contributed by atoms with Gasteiger partial charge in [-0.2, -0.15) is 0 Å². The predicted octanol–water partition coefficient (Wildman–Crippen LogP) is 2.64. The maximum absolute atomic E-state index is 11.6. The highest BCUT2D eigenvalue weighted by molar-refractivity contribution is 5.90. The van der Waals surface area contributed by atoms with Crippen LogP contribution in [0, 0.1) is 5.92 Å². The highest BCUT2D eigenvalue weighted by Gasteiger charge is 2.36. The van der Waals surface area contributed by atoms with Gasteiger partial charge in [0.1, 0.15) is 5.82 Å². The van der Waals surface area contributed by atoms with Crippen LogP contribution in [0.5, 0.6) is 0 Å². The van der Waals surface area contributed by atoms with Crippen LogP contribution in [-0.2, 0) is 4.74 Å². The summed E-state index contributed by atoms with van der Waals surface area (Å²) in [5, 5.41) is 0. The zero-order valence-corrected chi connectivity index (χ0v) is 11.3. The number of anilines is 1. The van der Waals surface area contributed by atoms with Gasteiger partial charge in [-0.1, -0.05) is 12.8 Å². The lowest BCUT2D eigenvalue weighted by Crippen LogP contribution is -2.35. The van der Waals surface area contributed by atoms with Crippen molar-refractivity contribution in [3.63, 3.8) is 0 Å². The molecule has 19 heavy (non-hydrogen) atoms. The number of fused-ring (bicyclic) bond motifs is 1. The van der Waals surface area contributed by atoms with Crippen molar-refractivity contribution in [3.8, 4) is 0 Å². The standard InChI is InChI=1S/C15H20N2O2/c1-19-15(18)12-6-8-16-14(10-12)17-9-7-11-4-2-3-5-13(11)17/h6,8,10-11,13H,2-5,7,9H2,1H3. The second-order valence-electron chi connectivity index (χ2n) is 5.49. The molecule has 3 rings (SSSR count). The van der Waals surface area contributed by atoms with Crippen molar-refractivity contribution >= 4 is 11.8 Å². The fourth-order valence-electron chi connectivity index (χ4n) is 3.51. The average molecular weight is 260 g/mol. The molecule has 0 amide bonds. The summed E-state index contributed by atoms with van der Waals surface area (Å²) in [4.78, 5) is 18.4. The lowest BCUT2D eigenvalue weighted by atomic mass is 9.85. The van der Waals surface area contributed by atoms with Crippen LogP contribution in [0.4, 0.5) is 5.82 Å². The predicted molar refractivity (Wildman–Crippen MR) is 73.3 cm³/mol. The van der Waals surface area contributed by atoms with Crippen LogP contribution >= 0.6 is 0 Å². The molecular weight excluding hydrogens is 240 g/mol. The minimum atomic E-state index is -0.289. The third-order valence-electron chi connectivity index (χ3n) is 4.47.